The minimum atomic E-state index is -3.68. The van der Waals surface area contributed by atoms with Crippen LogP contribution >= 0.6 is 0 Å². The zero-order valence-electron chi connectivity index (χ0n) is 21.4. The van der Waals surface area contributed by atoms with Gasteiger partial charge in [-0.15, -0.1) is 0 Å². The van der Waals surface area contributed by atoms with Crippen LogP contribution in [-0.2, 0) is 20.3 Å². The maximum atomic E-state index is 16.0. The lowest BCUT2D eigenvalue weighted by molar-refractivity contribution is 0.127. The molecule has 5 heterocycles. The Balaban J connectivity index is 1.45. The van der Waals surface area contributed by atoms with E-state index in [1.807, 2.05) is 6.07 Å². The molecule has 0 spiro atoms. The third-order valence-electron chi connectivity index (χ3n) is 7.41. The summed E-state index contributed by atoms with van der Waals surface area (Å²) in [6, 6.07) is 5.98. The first-order valence-corrected chi connectivity index (χ1v) is 15.0. The number of pyridine rings is 1. The van der Waals surface area contributed by atoms with Crippen molar-refractivity contribution in [2.45, 2.75) is 44.0 Å². The molecule has 0 aliphatic carbocycles. The Labute approximate surface area is 225 Å². The number of fused-ring (bicyclic) bond motifs is 1. The number of benzene rings is 1. The number of nitrogens with zero attached hydrogens (tertiary/aromatic N) is 5. The quantitative estimate of drug-likeness (QED) is 0.323. The summed E-state index contributed by atoms with van der Waals surface area (Å²) < 4.78 is 63.8. The molecule has 0 bridgehead atoms. The van der Waals surface area contributed by atoms with Crippen molar-refractivity contribution in [3.8, 4) is 16.8 Å². The Morgan fingerprint density at radius 2 is 1.79 bits per heavy atom. The van der Waals surface area contributed by atoms with Crippen molar-refractivity contribution in [2.24, 2.45) is 0 Å². The molecule has 0 radical (unpaired) electrons. The normalized spacial score (nSPS) is 18.2. The van der Waals surface area contributed by atoms with Crippen LogP contribution in [0.3, 0.4) is 0 Å². The molecule has 39 heavy (non-hydrogen) atoms. The van der Waals surface area contributed by atoms with Gasteiger partial charge in [-0.05, 0) is 50.3 Å². The molecular weight excluding hydrogens is 524 g/mol. The first-order valence-electron chi connectivity index (χ1n) is 13.2. The Kier molecular flexibility index (Phi) is 7.03. The van der Waals surface area contributed by atoms with E-state index in [4.69, 9.17) is 9.72 Å². The van der Waals surface area contributed by atoms with Crippen LogP contribution in [0.1, 0.15) is 37.7 Å². The van der Waals surface area contributed by atoms with Gasteiger partial charge in [0, 0.05) is 55.0 Å². The Morgan fingerprint density at radius 3 is 2.54 bits per heavy atom. The predicted molar refractivity (Wildman–Crippen MR) is 145 cm³/mol. The molecule has 11 heteroatoms. The molecule has 6 rings (SSSR count). The van der Waals surface area contributed by atoms with Crippen LogP contribution < -0.4 is 4.90 Å². The monoisotopic (exact) mass is 553 g/mol. The van der Waals surface area contributed by atoms with E-state index in [0.29, 0.717) is 35.2 Å². The highest BCUT2D eigenvalue weighted by Crippen LogP contribution is 2.35. The van der Waals surface area contributed by atoms with Gasteiger partial charge in [-0.25, -0.2) is 32.2 Å². The molecule has 1 aromatic carbocycles. The van der Waals surface area contributed by atoms with Gasteiger partial charge >= 0.3 is 0 Å². The van der Waals surface area contributed by atoms with Crippen LogP contribution in [0.25, 0.3) is 27.8 Å². The molecule has 2 aliphatic rings. The van der Waals surface area contributed by atoms with Crippen molar-refractivity contribution in [2.75, 3.05) is 30.3 Å². The van der Waals surface area contributed by atoms with Gasteiger partial charge in [-0.3, -0.25) is 0 Å². The van der Waals surface area contributed by atoms with E-state index >= 15 is 8.78 Å². The van der Waals surface area contributed by atoms with Crippen molar-refractivity contribution in [3.05, 3.63) is 66.4 Å². The summed E-state index contributed by atoms with van der Waals surface area (Å²) in [5, 5.41) is 0. The molecule has 2 aliphatic heterocycles. The molecule has 3 aromatic heterocycles. The van der Waals surface area contributed by atoms with Gasteiger partial charge in [0.2, 0.25) is 0 Å². The molecule has 0 saturated carbocycles. The summed E-state index contributed by atoms with van der Waals surface area (Å²) in [6.45, 7) is 2.32. The summed E-state index contributed by atoms with van der Waals surface area (Å²) in [7, 11) is -3.68. The lowest BCUT2D eigenvalue weighted by Crippen LogP contribution is -2.30. The standard InChI is InChI=1S/C28H29F2N5O3S/c29-23-7-6-19(16-39(36,37)17-21-5-4-12-38-21)26(30)28(23)35-15-22(20-13-31-18-32-14-20)27-24(35)8-9-25(33-27)34-10-2-1-3-11-34/h6-9,13-15,18,21H,1-5,10-12,16-17H2. The van der Waals surface area contributed by atoms with Crippen LogP contribution in [-0.4, -0.2) is 59.5 Å². The van der Waals surface area contributed by atoms with Gasteiger partial charge in [-0.2, -0.15) is 0 Å². The van der Waals surface area contributed by atoms with E-state index in [2.05, 4.69) is 14.9 Å². The van der Waals surface area contributed by atoms with Crippen LogP contribution in [0.4, 0.5) is 14.6 Å². The number of piperidine rings is 1. The molecule has 204 valence electrons. The first-order chi connectivity index (χ1) is 18.9. The summed E-state index contributed by atoms with van der Waals surface area (Å²) >= 11 is 0. The first kappa shape index (κ1) is 25.8. The number of hydrogen-bond donors (Lipinski definition) is 0. The van der Waals surface area contributed by atoms with Gasteiger partial charge < -0.3 is 14.2 Å². The second-order valence-corrected chi connectivity index (χ2v) is 12.3. The lowest BCUT2D eigenvalue weighted by Gasteiger charge is -2.27. The highest BCUT2D eigenvalue weighted by molar-refractivity contribution is 7.90. The second-order valence-electron chi connectivity index (χ2n) is 10.2. The molecule has 2 saturated heterocycles. The fraction of sp³-hybridized carbons (Fsp3) is 0.393. The Hall–Kier alpha value is -3.44. The van der Waals surface area contributed by atoms with Gasteiger partial charge in [-0.1, -0.05) is 6.07 Å². The number of halogens is 2. The molecule has 0 amide bonds. The minimum Gasteiger partial charge on any atom is -0.377 e. The fourth-order valence-corrected chi connectivity index (χ4v) is 7.14. The van der Waals surface area contributed by atoms with E-state index in [-0.39, 0.29) is 23.1 Å². The largest absolute Gasteiger partial charge is 0.377 e. The average molecular weight is 554 g/mol. The zero-order chi connectivity index (χ0) is 27.0. The predicted octanol–water partition coefficient (Wildman–Crippen LogP) is 4.84. The van der Waals surface area contributed by atoms with E-state index in [1.54, 1.807) is 24.7 Å². The van der Waals surface area contributed by atoms with Crippen LogP contribution in [0.5, 0.6) is 0 Å². The summed E-state index contributed by atoms with van der Waals surface area (Å²) in [6.07, 6.45) is 10.7. The maximum Gasteiger partial charge on any atom is 0.157 e. The molecule has 8 nitrogen and oxygen atoms in total. The molecule has 4 aromatic rings. The third kappa shape index (κ3) is 5.25. The molecule has 2 fully saturated rings. The third-order valence-corrected chi connectivity index (χ3v) is 9.04. The molecule has 0 N–H and O–H groups in total. The van der Waals surface area contributed by atoms with Crippen LogP contribution in [0.2, 0.25) is 0 Å². The number of ether oxygens (including phenoxy) is 1. The smallest absolute Gasteiger partial charge is 0.157 e. The number of hydrogen-bond acceptors (Lipinski definition) is 7. The molecular formula is C28H29F2N5O3S. The summed E-state index contributed by atoms with van der Waals surface area (Å²) in [4.78, 5) is 15.3. The number of anilines is 1. The van der Waals surface area contributed by atoms with E-state index in [0.717, 1.165) is 44.2 Å². The maximum absolute atomic E-state index is 16.0. The van der Waals surface area contributed by atoms with Crippen molar-refractivity contribution in [1.29, 1.82) is 0 Å². The average Bonchev–Trinajstić information content (AvgIpc) is 3.59. The molecule has 1 atom stereocenters. The second kappa shape index (κ2) is 10.6. The summed E-state index contributed by atoms with van der Waals surface area (Å²) in [5.74, 6) is -1.65. The van der Waals surface area contributed by atoms with E-state index < -0.39 is 27.2 Å². The highest BCUT2D eigenvalue weighted by atomic mass is 32.2. The van der Waals surface area contributed by atoms with Crippen molar-refractivity contribution in [3.63, 3.8) is 0 Å². The van der Waals surface area contributed by atoms with E-state index in [1.165, 1.54) is 23.4 Å². The Bertz CT molecular complexity index is 1600. The lowest BCUT2D eigenvalue weighted by atomic mass is 10.1. The number of sulfone groups is 1. The van der Waals surface area contributed by atoms with Gasteiger partial charge in [0.1, 0.15) is 23.6 Å². The van der Waals surface area contributed by atoms with Crippen molar-refractivity contribution >= 4 is 26.7 Å². The number of aromatic nitrogens is 4. The zero-order valence-corrected chi connectivity index (χ0v) is 22.2. The minimum absolute atomic E-state index is 0.0891. The SMILES string of the molecule is O=S(=O)(Cc1ccc(F)c(-n2cc(-c3cncnc3)c3nc(N4CCCCC4)ccc32)c1F)CC1CCCO1. The van der Waals surface area contributed by atoms with Gasteiger partial charge in [0.25, 0.3) is 0 Å². The van der Waals surface area contributed by atoms with Crippen molar-refractivity contribution < 1.29 is 21.9 Å². The number of rotatable bonds is 7. The van der Waals surface area contributed by atoms with E-state index in [9.17, 15) is 8.42 Å². The van der Waals surface area contributed by atoms with Gasteiger partial charge in [0.05, 0.1) is 28.6 Å². The van der Waals surface area contributed by atoms with Crippen molar-refractivity contribution in [1.82, 2.24) is 19.5 Å². The highest BCUT2D eigenvalue weighted by Gasteiger charge is 2.27. The summed E-state index contributed by atoms with van der Waals surface area (Å²) in [5.41, 5.74) is 1.89. The topological polar surface area (TPSA) is 90.2 Å². The fourth-order valence-electron chi connectivity index (χ4n) is 5.50. The molecule has 1 unspecified atom stereocenters. The van der Waals surface area contributed by atoms with Crippen LogP contribution in [0, 0.1) is 11.6 Å². The Morgan fingerprint density at radius 1 is 1.00 bits per heavy atom. The van der Waals surface area contributed by atoms with Crippen LogP contribution in [0.15, 0.2) is 49.2 Å². The van der Waals surface area contributed by atoms with Gasteiger partial charge in [0.15, 0.2) is 15.7 Å².